The summed E-state index contributed by atoms with van der Waals surface area (Å²) in [6, 6.07) is 8.50. The number of hydrogen-bond donors (Lipinski definition) is 1. The molecule has 1 aromatic heterocycles. The molecule has 0 bridgehead atoms. The average molecular weight is 279 g/mol. The monoisotopic (exact) mass is 279 g/mol. The Morgan fingerprint density at radius 1 is 1.26 bits per heavy atom. The number of thiophene rings is 1. The molecule has 104 valence electrons. The third kappa shape index (κ3) is 3.76. The lowest BCUT2D eigenvalue weighted by Crippen LogP contribution is -2.30. The third-order valence-electron chi connectivity index (χ3n) is 3.38. The number of fused-ring (bicyclic) bond motifs is 1. The van der Waals surface area contributed by atoms with Gasteiger partial charge in [0.05, 0.1) is 13.2 Å². The number of aliphatic hydroxyl groups excluding tert-OH is 1. The number of hydrogen-bond acceptors (Lipinski definition) is 4. The minimum Gasteiger partial charge on any atom is -0.386 e. The lowest BCUT2D eigenvalue weighted by Gasteiger charge is -2.20. The molecular weight excluding hydrogens is 258 g/mol. The Bertz CT molecular complexity index is 524. The van der Waals surface area contributed by atoms with Crippen LogP contribution in [-0.4, -0.2) is 43.4 Å². The maximum atomic E-state index is 10.1. The molecule has 2 rings (SSSR count). The quantitative estimate of drug-likeness (QED) is 0.882. The first-order valence-corrected chi connectivity index (χ1v) is 7.35. The molecule has 19 heavy (non-hydrogen) atoms. The minimum absolute atomic E-state index is 0.341. The molecule has 0 aliphatic carbocycles. The van der Waals surface area contributed by atoms with Gasteiger partial charge in [0, 0.05) is 10.7 Å². The molecule has 0 spiro atoms. The Kier molecular flexibility index (Phi) is 4.93. The van der Waals surface area contributed by atoms with Crippen LogP contribution in [0.1, 0.15) is 18.6 Å². The van der Waals surface area contributed by atoms with E-state index in [1.165, 1.54) is 10.1 Å². The molecule has 0 saturated heterocycles. The lowest BCUT2D eigenvalue weighted by molar-refractivity contribution is 0.0165. The Morgan fingerprint density at radius 2 is 2.05 bits per heavy atom. The van der Waals surface area contributed by atoms with Crippen molar-refractivity contribution in [2.75, 3.05) is 27.3 Å². The van der Waals surface area contributed by atoms with E-state index in [4.69, 9.17) is 4.74 Å². The van der Waals surface area contributed by atoms with E-state index >= 15 is 0 Å². The summed E-state index contributed by atoms with van der Waals surface area (Å²) in [7, 11) is 4.05. The van der Waals surface area contributed by atoms with Crippen LogP contribution in [0.5, 0.6) is 0 Å². The first-order valence-electron chi connectivity index (χ1n) is 6.47. The predicted molar refractivity (Wildman–Crippen MR) is 80.8 cm³/mol. The van der Waals surface area contributed by atoms with Gasteiger partial charge in [0.15, 0.2) is 0 Å². The Hall–Kier alpha value is -0.940. The fourth-order valence-electron chi connectivity index (χ4n) is 1.79. The van der Waals surface area contributed by atoms with Crippen LogP contribution in [0.25, 0.3) is 10.1 Å². The molecule has 3 nitrogen and oxygen atoms in total. The van der Waals surface area contributed by atoms with Crippen molar-refractivity contribution >= 4 is 21.4 Å². The number of nitrogens with zero attached hydrogens (tertiary/aromatic N) is 1. The van der Waals surface area contributed by atoms with E-state index in [-0.39, 0.29) is 0 Å². The number of ether oxygens (including phenoxy) is 1. The van der Waals surface area contributed by atoms with E-state index in [0.29, 0.717) is 19.3 Å². The fraction of sp³-hybridized carbons (Fsp3) is 0.467. The second kappa shape index (κ2) is 6.48. The molecule has 0 fully saturated rings. The van der Waals surface area contributed by atoms with Gasteiger partial charge in [0.2, 0.25) is 0 Å². The summed E-state index contributed by atoms with van der Waals surface area (Å²) in [6.45, 7) is 3.07. The second-order valence-electron chi connectivity index (χ2n) is 5.08. The van der Waals surface area contributed by atoms with E-state index in [1.807, 2.05) is 26.2 Å². The SMILES string of the molecule is CC(COCC(O)c1ccc2sccc2c1)N(C)C. The molecule has 2 aromatic rings. The van der Waals surface area contributed by atoms with Crippen LogP contribution in [0.3, 0.4) is 0 Å². The van der Waals surface area contributed by atoms with Gasteiger partial charge in [0.1, 0.15) is 6.10 Å². The molecule has 0 aliphatic heterocycles. The molecule has 2 unspecified atom stereocenters. The third-order valence-corrected chi connectivity index (χ3v) is 4.28. The maximum absolute atomic E-state index is 10.1. The van der Waals surface area contributed by atoms with Crippen LogP contribution in [0.2, 0.25) is 0 Å². The van der Waals surface area contributed by atoms with Crippen molar-refractivity contribution in [1.29, 1.82) is 0 Å². The largest absolute Gasteiger partial charge is 0.386 e. The number of aliphatic hydroxyl groups is 1. The minimum atomic E-state index is -0.557. The van der Waals surface area contributed by atoms with Gasteiger partial charge in [-0.3, -0.25) is 0 Å². The molecule has 0 radical (unpaired) electrons. The molecule has 4 heteroatoms. The van der Waals surface area contributed by atoms with Crippen LogP contribution in [0.4, 0.5) is 0 Å². The first-order chi connectivity index (χ1) is 9.08. The van der Waals surface area contributed by atoms with Crippen LogP contribution in [0, 0.1) is 0 Å². The van der Waals surface area contributed by atoms with Crippen molar-refractivity contribution in [3.05, 3.63) is 35.2 Å². The number of likely N-dealkylation sites (N-methyl/N-ethyl adjacent to an activating group) is 1. The van der Waals surface area contributed by atoms with E-state index in [2.05, 4.69) is 29.3 Å². The zero-order valence-corrected chi connectivity index (χ0v) is 12.5. The van der Waals surface area contributed by atoms with E-state index in [0.717, 1.165) is 5.56 Å². The van der Waals surface area contributed by atoms with Crippen LogP contribution in [0.15, 0.2) is 29.6 Å². The Morgan fingerprint density at radius 3 is 2.79 bits per heavy atom. The molecule has 1 aromatic carbocycles. The summed E-state index contributed by atoms with van der Waals surface area (Å²) in [5.41, 5.74) is 0.920. The van der Waals surface area contributed by atoms with Crippen LogP contribution in [-0.2, 0) is 4.74 Å². The highest BCUT2D eigenvalue weighted by Crippen LogP contribution is 2.24. The molecule has 1 heterocycles. The van der Waals surface area contributed by atoms with Crippen molar-refractivity contribution in [3.8, 4) is 0 Å². The van der Waals surface area contributed by atoms with E-state index < -0.39 is 6.10 Å². The van der Waals surface area contributed by atoms with Gasteiger partial charge >= 0.3 is 0 Å². The zero-order valence-electron chi connectivity index (χ0n) is 11.7. The van der Waals surface area contributed by atoms with Crippen molar-refractivity contribution < 1.29 is 9.84 Å². The van der Waals surface area contributed by atoms with Gasteiger partial charge < -0.3 is 14.7 Å². The summed E-state index contributed by atoms with van der Waals surface area (Å²) < 4.78 is 6.83. The van der Waals surface area contributed by atoms with E-state index in [1.54, 1.807) is 11.3 Å². The smallest absolute Gasteiger partial charge is 0.102 e. The van der Waals surface area contributed by atoms with Gasteiger partial charge in [-0.25, -0.2) is 0 Å². The molecule has 2 atom stereocenters. The summed E-state index contributed by atoms with van der Waals surface area (Å²) in [5.74, 6) is 0. The highest BCUT2D eigenvalue weighted by Gasteiger charge is 2.10. The molecule has 0 saturated carbocycles. The highest BCUT2D eigenvalue weighted by atomic mass is 32.1. The van der Waals surface area contributed by atoms with Gasteiger partial charge in [0.25, 0.3) is 0 Å². The zero-order chi connectivity index (χ0) is 13.8. The fourth-order valence-corrected chi connectivity index (χ4v) is 2.56. The normalized spacial score (nSPS) is 15.0. The van der Waals surface area contributed by atoms with E-state index in [9.17, 15) is 5.11 Å². The number of rotatable bonds is 6. The Balaban J connectivity index is 1.90. The topological polar surface area (TPSA) is 32.7 Å². The van der Waals surface area contributed by atoms with Crippen molar-refractivity contribution in [1.82, 2.24) is 4.90 Å². The molecule has 1 N–H and O–H groups in total. The first kappa shape index (κ1) is 14.5. The summed E-state index contributed by atoms with van der Waals surface area (Å²) in [5, 5.41) is 13.4. The van der Waals surface area contributed by atoms with Gasteiger partial charge in [-0.2, -0.15) is 0 Å². The molecule has 0 aliphatic rings. The molecule has 0 amide bonds. The Labute approximate surface area is 118 Å². The second-order valence-corrected chi connectivity index (χ2v) is 6.03. The van der Waals surface area contributed by atoms with Crippen molar-refractivity contribution in [2.45, 2.75) is 19.1 Å². The van der Waals surface area contributed by atoms with Crippen molar-refractivity contribution in [2.24, 2.45) is 0 Å². The average Bonchev–Trinajstić information content (AvgIpc) is 2.85. The summed E-state index contributed by atoms with van der Waals surface area (Å²) in [4.78, 5) is 2.10. The van der Waals surface area contributed by atoms with Gasteiger partial charge in [-0.15, -0.1) is 11.3 Å². The van der Waals surface area contributed by atoms with Gasteiger partial charge in [-0.05, 0) is 55.5 Å². The highest BCUT2D eigenvalue weighted by molar-refractivity contribution is 7.17. The maximum Gasteiger partial charge on any atom is 0.102 e. The number of benzene rings is 1. The predicted octanol–water partition coefficient (Wildman–Crippen LogP) is 2.90. The lowest BCUT2D eigenvalue weighted by atomic mass is 10.1. The van der Waals surface area contributed by atoms with Crippen LogP contribution >= 0.6 is 11.3 Å². The standard InChI is InChI=1S/C15H21NO2S/c1-11(16(2)3)9-18-10-14(17)12-4-5-15-13(8-12)6-7-19-15/h4-8,11,14,17H,9-10H2,1-3H3. The summed E-state index contributed by atoms with van der Waals surface area (Å²) >= 11 is 1.71. The summed E-state index contributed by atoms with van der Waals surface area (Å²) in [6.07, 6.45) is -0.557. The van der Waals surface area contributed by atoms with Crippen molar-refractivity contribution in [3.63, 3.8) is 0 Å². The molecular formula is C15H21NO2S. The van der Waals surface area contributed by atoms with Gasteiger partial charge in [-0.1, -0.05) is 6.07 Å². The van der Waals surface area contributed by atoms with Crippen LogP contribution < -0.4 is 0 Å².